The fourth-order valence-corrected chi connectivity index (χ4v) is 3.31. The molecule has 0 aliphatic rings. The van der Waals surface area contributed by atoms with E-state index in [-0.39, 0.29) is 5.91 Å². The Morgan fingerprint density at radius 1 is 1.31 bits per heavy atom. The molecule has 16 heavy (non-hydrogen) atoms. The number of nitrogens with one attached hydrogen (secondary N) is 3. The van der Waals surface area contributed by atoms with Crippen molar-refractivity contribution in [3.63, 3.8) is 0 Å². The molecule has 0 aromatic rings. The van der Waals surface area contributed by atoms with E-state index in [9.17, 15) is 4.79 Å². The van der Waals surface area contributed by atoms with Gasteiger partial charge in [-0.15, -0.1) is 0 Å². The van der Waals surface area contributed by atoms with E-state index in [1.165, 1.54) is 0 Å². The molecule has 0 radical (unpaired) electrons. The molecule has 0 saturated carbocycles. The molecule has 0 atom stereocenters. The number of hydrogen-bond acceptors (Lipinski definition) is 2. The van der Waals surface area contributed by atoms with Gasteiger partial charge in [0.25, 0.3) is 0 Å². The summed E-state index contributed by atoms with van der Waals surface area (Å²) in [6.45, 7) is 2.48. The van der Waals surface area contributed by atoms with Gasteiger partial charge >= 0.3 is 107 Å². The molecule has 6 heteroatoms. The molecular weight excluding hydrogens is 329 g/mol. The third-order valence-corrected chi connectivity index (χ3v) is 5.41. The average molecular weight is 350 g/mol. The average Bonchev–Trinajstić information content (AvgIpc) is 2.19. The van der Waals surface area contributed by atoms with Crippen LogP contribution in [0.1, 0.15) is 13.3 Å². The topological polar surface area (TPSA) is 53.2 Å². The van der Waals surface area contributed by atoms with Crippen LogP contribution in [0.3, 0.4) is 0 Å². The van der Waals surface area contributed by atoms with Crippen molar-refractivity contribution in [1.82, 2.24) is 16.2 Å². The monoisotopic (exact) mass is 351 g/mol. The van der Waals surface area contributed by atoms with Gasteiger partial charge in [-0.1, -0.05) is 0 Å². The van der Waals surface area contributed by atoms with Gasteiger partial charge in [-0.3, -0.25) is 0 Å². The summed E-state index contributed by atoms with van der Waals surface area (Å²) in [5, 5.41) is 3.43. The summed E-state index contributed by atoms with van der Waals surface area (Å²) in [4.78, 5) is 17.9. The summed E-state index contributed by atoms with van der Waals surface area (Å²) in [5.74, 6) is -0.0782. The van der Waals surface area contributed by atoms with Gasteiger partial charge in [0.1, 0.15) is 0 Å². The number of rotatable bonds is 4. The van der Waals surface area contributed by atoms with Crippen LogP contribution in [-0.2, 0) is 4.79 Å². The zero-order valence-electron chi connectivity index (χ0n) is 10.4. The van der Waals surface area contributed by atoms with Gasteiger partial charge in [0.15, 0.2) is 0 Å². The molecule has 4 nitrogen and oxygen atoms in total. The summed E-state index contributed by atoms with van der Waals surface area (Å²) in [5.41, 5.74) is 5.12. The van der Waals surface area contributed by atoms with Crippen molar-refractivity contribution in [3.05, 3.63) is 10.2 Å². The second-order valence-corrected chi connectivity index (χ2v) is 19.4. The van der Waals surface area contributed by atoms with E-state index < -0.39 is 18.4 Å². The molecule has 0 saturated heterocycles. The molecule has 0 fully saturated rings. The van der Waals surface area contributed by atoms with Crippen molar-refractivity contribution in [2.75, 3.05) is 6.54 Å². The van der Waals surface area contributed by atoms with E-state index in [4.69, 9.17) is 12.2 Å². The van der Waals surface area contributed by atoms with Gasteiger partial charge in [0.05, 0.1) is 0 Å². The molecule has 0 unspecified atom stereocenters. The van der Waals surface area contributed by atoms with Gasteiger partial charge in [-0.2, -0.15) is 0 Å². The number of carbonyl (C=O) groups is 1. The third kappa shape index (κ3) is 10.2. The molecule has 1 amide bonds. The van der Waals surface area contributed by atoms with Crippen LogP contribution < -0.4 is 16.2 Å². The molecular formula is C10H21N3OSSn. The van der Waals surface area contributed by atoms with E-state index in [0.717, 1.165) is 0 Å². The first-order valence-electron chi connectivity index (χ1n) is 5.35. The first-order chi connectivity index (χ1) is 7.35. The minimum absolute atomic E-state index is 0.0782. The molecule has 0 aliphatic carbocycles. The van der Waals surface area contributed by atoms with Gasteiger partial charge in [-0.05, 0) is 0 Å². The molecule has 3 N–H and O–H groups in total. The van der Waals surface area contributed by atoms with Crippen molar-refractivity contribution >= 4 is 41.6 Å². The van der Waals surface area contributed by atoms with Crippen LogP contribution in [0.4, 0.5) is 0 Å². The molecule has 0 heterocycles. The van der Waals surface area contributed by atoms with E-state index in [1.54, 1.807) is 6.92 Å². The van der Waals surface area contributed by atoms with Gasteiger partial charge < -0.3 is 0 Å². The standard InChI is InChI=1S/C7H12N3OS.3CH3.Sn/c1-3-5-8-7(12)10-9-6(11)4-2;;;;/h1,3H,4-5H2,2H3,(H,9,11)(H2,8,10,12);3*1H3;. The van der Waals surface area contributed by atoms with Crippen molar-refractivity contribution < 1.29 is 4.79 Å². The molecule has 0 rings (SSSR count). The predicted octanol–water partition coefficient (Wildman–Crippen LogP) is 1.33. The van der Waals surface area contributed by atoms with Crippen molar-refractivity contribution in [2.24, 2.45) is 0 Å². The van der Waals surface area contributed by atoms with Crippen LogP contribution in [0.15, 0.2) is 10.2 Å². The van der Waals surface area contributed by atoms with Crippen LogP contribution in [0.2, 0.25) is 14.8 Å². The Hall–Kier alpha value is -0.301. The third-order valence-electron chi connectivity index (χ3n) is 1.63. The molecule has 0 aromatic carbocycles. The molecule has 92 valence electrons. The maximum absolute atomic E-state index is 10.9. The van der Waals surface area contributed by atoms with E-state index >= 15 is 0 Å². The predicted molar refractivity (Wildman–Crippen MR) is 74.7 cm³/mol. The van der Waals surface area contributed by atoms with Crippen LogP contribution in [0.5, 0.6) is 0 Å². The summed E-state index contributed by atoms with van der Waals surface area (Å²) >= 11 is 3.18. The fourth-order valence-electron chi connectivity index (χ4n) is 0.823. The van der Waals surface area contributed by atoms with Crippen molar-refractivity contribution in [1.29, 1.82) is 0 Å². The number of carbonyl (C=O) groups excluding carboxylic acids is 1. The molecule has 0 aromatic heterocycles. The van der Waals surface area contributed by atoms with Crippen molar-refractivity contribution in [3.8, 4) is 0 Å². The maximum atomic E-state index is 10.9. The SMILES string of the molecule is CCC(=O)NNC(=S)NCC=[CH][Sn]([CH3])([CH3])[CH3]. The second-order valence-electron chi connectivity index (χ2n) is 4.51. The van der Waals surface area contributed by atoms with Crippen molar-refractivity contribution in [2.45, 2.75) is 28.2 Å². The van der Waals surface area contributed by atoms with Gasteiger partial charge in [0, 0.05) is 0 Å². The molecule has 0 spiro atoms. The Labute approximate surface area is 107 Å². The molecule has 0 bridgehead atoms. The normalized spacial score (nSPS) is 11.2. The Morgan fingerprint density at radius 2 is 1.94 bits per heavy atom. The van der Waals surface area contributed by atoms with Crippen LogP contribution in [0, 0.1) is 0 Å². The van der Waals surface area contributed by atoms with Crippen LogP contribution >= 0.6 is 12.2 Å². The summed E-state index contributed by atoms with van der Waals surface area (Å²) in [6.07, 6.45) is 2.54. The fraction of sp³-hybridized carbons (Fsp3) is 0.600. The number of amides is 1. The first-order valence-corrected chi connectivity index (χ1v) is 16.0. The van der Waals surface area contributed by atoms with E-state index in [1.807, 2.05) is 0 Å². The van der Waals surface area contributed by atoms with Crippen LogP contribution in [-0.4, -0.2) is 35.9 Å². The Morgan fingerprint density at radius 3 is 2.44 bits per heavy atom. The number of thiocarbonyl (C=S) groups is 1. The second kappa shape index (κ2) is 7.89. The number of hydrogen-bond donors (Lipinski definition) is 3. The first kappa shape index (κ1) is 15.7. The summed E-state index contributed by atoms with van der Waals surface area (Å²) < 4.78 is 2.31. The Bertz CT molecular complexity index is 274. The van der Waals surface area contributed by atoms with E-state index in [2.05, 4.69) is 41.2 Å². The van der Waals surface area contributed by atoms with Crippen LogP contribution in [0.25, 0.3) is 0 Å². The summed E-state index contributed by atoms with van der Waals surface area (Å²) in [7, 11) is 0. The minimum atomic E-state index is -1.79. The zero-order chi connectivity index (χ0) is 12.6. The van der Waals surface area contributed by atoms with E-state index in [0.29, 0.717) is 18.1 Å². The molecule has 0 aliphatic heterocycles. The van der Waals surface area contributed by atoms with Gasteiger partial charge in [-0.25, -0.2) is 0 Å². The zero-order valence-corrected chi connectivity index (χ0v) is 14.1. The number of hydrazine groups is 1. The quantitative estimate of drug-likeness (QED) is 0.407. The van der Waals surface area contributed by atoms with Gasteiger partial charge in [0.2, 0.25) is 0 Å². The Kier molecular flexibility index (Phi) is 7.74. The Balaban J connectivity index is 3.67. The summed E-state index contributed by atoms with van der Waals surface area (Å²) in [6, 6.07) is 0.